The summed E-state index contributed by atoms with van der Waals surface area (Å²) < 4.78 is 5.95. The number of benzene rings is 2. The Morgan fingerprint density at radius 2 is 1.71 bits per heavy atom. The van der Waals surface area contributed by atoms with E-state index in [1.54, 1.807) is 0 Å². The third-order valence-corrected chi connectivity index (χ3v) is 5.76. The molecule has 1 N–H and O–H groups in total. The van der Waals surface area contributed by atoms with Gasteiger partial charge in [0.05, 0.1) is 0 Å². The third kappa shape index (κ3) is 5.15. The fourth-order valence-electron chi connectivity index (χ4n) is 4.22. The van der Waals surface area contributed by atoms with Crippen LogP contribution < -0.4 is 10.1 Å². The molecule has 0 spiro atoms. The zero-order valence-electron chi connectivity index (χ0n) is 17.6. The molecule has 1 amide bonds. The van der Waals surface area contributed by atoms with Gasteiger partial charge in [-0.15, -0.1) is 0 Å². The first-order valence-corrected chi connectivity index (χ1v) is 10.5. The van der Waals surface area contributed by atoms with Crippen LogP contribution in [0.2, 0.25) is 0 Å². The van der Waals surface area contributed by atoms with Crippen molar-refractivity contribution >= 4 is 5.91 Å². The first-order valence-electron chi connectivity index (χ1n) is 10.5. The van der Waals surface area contributed by atoms with E-state index in [9.17, 15) is 4.79 Å². The third-order valence-electron chi connectivity index (χ3n) is 5.76. The molecule has 0 bridgehead atoms. The monoisotopic (exact) mass is 379 g/mol. The van der Waals surface area contributed by atoms with Gasteiger partial charge in [0.2, 0.25) is 0 Å². The molecular formula is C25H33NO2. The SMILES string of the molecule is CC(CC(C)(C)c1ccccc1)NC(=O)C(C)Oc1ccc2c(c1)CCCC2. The fraction of sp³-hybridized carbons (Fsp3) is 0.480. The Bertz CT molecular complexity index is 797. The van der Waals surface area contributed by atoms with E-state index in [4.69, 9.17) is 4.74 Å². The van der Waals surface area contributed by atoms with Crippen molar-refractivity contribution < 1.29 is 9.53 Å². The van der Waals surface area contributed by atoms with Crippen LogP contribution in [0.3, 0.4) is 0 Å². The van der Waals surface area contributed by atoms with E-state index < -0.39 is 6.10 Å². The summed E-state index contributed by atoms with van der Waals surface area (Å²) in [5, 5.41) is 3.12. The Labute approximate surface area is 169 Å². The minimum atomic E-state index is -0.510. The van der Waals surface area contributed by atoms with Crippen molar-refractivity contribution in [3.63, 3.8) is 0 Å². The number of aryl methyl sites for hydroxylation is 2. The number of nitrogens with one attached hydrogen (secondary N) is 1. The van der Waals surface area contributed by atoms with Gasteiger partial charge in [-0.05, 0) is 80.2 Å². The molecule has 1 aliphatic rings. The summed E-state index contributed by atoms with van der Waals surface area (Å²) in [4.78, 5) is 12.6. The Kier molecular flexibility index (Phi) is 6.43. The first kappa shape index (κ1) is 20.4. The summed E-state index contributed by atoms with van der Waals surface area (Å²) in [6, 6.07) is 16.8. The molecule has 2 aromatic carbocycles. The van der Waals surface area contributed by atoms with Gasteiger partial charge in [-0.25, -0.2) is 0 Å². The van der Waals surface area contributed by atoms with Crippen LogP contribution in [-0.4, -0.2) is 18.1 Å². The predicted molar refractivity (Wildman–Crippen MR) is 115 cm³/mol. The van der Waals surface area contributed by atoms with Gasteiger partial charge in [0, 0.05) is 6.04 Å². The zero-order valence-corrected chi connectivity index (χ0v) is 17.6. The molecular weight excluding hydrogens is 346 g/mol. The maximum Gasteiger partial charge on any atom is 0.260 e. The molecule has 2 aromatic rings. The Morgan fingerprint density at radius 1 is 1.04 bits per heavy atom. The van der Waals surface area contributed by atoms with Crippen molar-refractivity contribution in [1.82, 2.24) is 5.32 Å². The lowest BCUT2D eigenvalue weighted by Crippen LogP contribution is -2.43. The number of rotatable bonds is 7. The van der Waals surface area contributed by atoms with Crippen LogP contribution >= 0.6 is 0 Å². The van der Waals surface area contributed by atoms with Gasteiger partial charge in [-0.2, -0.15) is 0 Å². The number of carbonyl (C=O) groups is 1. The maximum absolute atomic E-state index is 12.6. The second-order valence-corrected chi connectivity index (χ2v) is 8.76. The quantitative estimate of drug-likeness (QED) is 0.717. The number of hydrogen-bond donors (Lipinski definition) is 1. The van der Waals surface area contributed by atoms with E-state index in [-0.39, 0.29) is 17.4 Å². The molecule has 3 rings (SSSR count). The van der Waals surface area contributed by atoms with Gasteiger partial charge in [0.15, 0.2) is 6.10 Å². The summed E-state index contributed by atoms with van der Waals surface area (Å²) in [5.41, 5.74) is 4.08. The molecule has 0 aromatic heterocycles. The van der Waals surface area contributed by atoms with Gasteiger partial charge in [0.25, 0.3) is 5.91 Å². The molecule has 150 valence electrons. The molecule has 3 nitrogen and oxygen atoms in total. The molecule has 0 heterocycles. The average molecular weight is 380 g/mol. The number of ether oxygens (including phenoxy) is 1. The van der Waals surface area contributed by atoms with Crippen LogP contribution in [0.1, 0.15) is 63.6 Å². The standard InChI is InChI=1S/C25H33NO2/c1-18(17-25(3,4)22-12-6-5-7-13-22)26-24(27)19(2)28-23-15-14-20-10-8-9-11-21(20)16-23/h5-7,12-16,18-19H,8-11,17H2,1-4H3,(H,26,27). The Hall–Kier alpha value is -2.29. The van der Waals surface area contributed by atoms with Crippen molar-refractivity contribution in [2.45, 2.75) is 77.4 Å². The lowest BCUT2D eigenvalue weighted by atomic mass is 9.79. The molecule has 0 saturated heterocycles. The highest BCUT2D eigenvalue weighted by atomic mass is 16.5. The normalized spacial score (nSPS) is 16.0. The smallest absolute Gasteiger partial charge is 0.260 e. The molecule has 2 atom stereocenters. The summed E-state index contributed by atoms with van der Waals surface area (Å²) in [5.74, 6) is 0.731. The summed E-state index contributed by atoms with van der Waals surface area (Å²) in [6.45, 7) is 8.33. The van der Waals surface area contributed by atoms with E-state index in [0.717, 1.165) is 25.0 Å². The minimum Gasteiger partial charge on any atom is -0.481 e. The largest absolute Gasteiger partial charge is 0.481 e. The van der Waals surface area contributed by atoms with Gasteiger partial charge >= 0.3 is 0 Å². The van der Waals surface area contributed by atoms with E-state index in [0.29, 0.717) is 0 Å². The van der Waals surface area contributed by atoms with E-state index in [1.807, 2.05) is 19.1 Å². The summed E-state index contributed by atoms with van der Waals surface area (Å²) in [6.07, 6.45) is 5.13. The van der Waals surface area contributed by atoms with Crippen LogP contribution in [0.25, 0.3) is 0 Å². The van der Waals surface area contributed by atoms with Gasteiger partial charge < -0.3 is 10.1 Å². The van der Waals surface area contributed by atoms with Crippen molar-refractivity contribution in [3.05, 3.63) is 65.2 Å². The summed E-state index contributed by atoms with van der Waals surface area (Å²) in [7, 11) is 0. The molecule has 0 saturated carbocycles. The van der Waals surface area contributed by atoms with Crippen LogP contribution in [0.5, 0.6) is 5.75 Å². The lowest BCUT2D eigenvalue weighted by molar-refractivity contribution is -0.128. The topological polar surface area (TPSA) is 38.3 Å². The molecule has 0 fully saturated rings. The highest BCUT2D eigenvalue weighted by molar-refractivity contribution is 5.81. The number of hydrogen-bond acceptors (Lipinski definition) is 2. The Morgan fingerprint density at radius 3 is 2.43 bits per heavy atom. The number of carbonyl (C=O) groups excluding carboxylic acids is 1. The second kappa shape index (κ2) is 8.81. The molecule has 0 radical (unpaired) electrons. The minimum absolute atomic E-state index is 0.00343. The van der Waals surface area contributed by atoms with Crippen LogP contribution in [0, 0.1) is 0 Å². The Balaban J connectivity index is 1.55. The zero-order chi connectivity index (χ0) is 20.1. The van der Waals surface area contributed by atoms with Crippen LogP contribution in [-0.2, 0) is 23.1 Å². The van der Waals surface area contributed by atoms with Gasteiger partial charge in [0.1, 0.15) is 5.75 Å². The van der Waals surface area contributed by atoms with Crippen molar-refractivity contribution in [3.8, 4) is 5.75 Å². The van der Waals surface area contributed by atoms with Gasteiger partial charge in [-0.3, -0.25) is 4.79 Å². The average Bonchev–Trinajstić information content (AvgIpc) is 2.68. The fourth-order valence-corrected chi connectivity index (χ4v) is 4.22. The number of fused-ring (bicyclic) bond motifs is 1. The van der Waals surface area contributed by atoms with Crippen LogP contribution in [0.4, 0.5) is 0 Å². The van der Waals surface area contributed by atoms with Crippen molar-refractivity contribution in [2.75, 3.05) is 0 Å². The molecule has 28 heavy (non-hydrogen) atoms. The van der Waals surface area contributed by atoms with Crippen molar-refractivity contribution in [2.24, 2.45) is 0 Å². The van der Waals surface area contributed by atoms with Gasteiger partial charge in [-0.1, -0.05) is 50.2 Å². The molecule has 2 unspecified atom stereocenters. The highest BCUT2D eigenvalue weighted by Crippen LogP contribution is 2.28. The predicted octanol–water partition coefficient (Wildman–Crippen LogP) is 5.21. The first-order chi connectivity index (χ1) is 13.3. The maximum atomic E-state index is 12.6. The van der Waals surface area contributed by atoms with Crippen LogP contribution in [0.15, 0.2) is 48.5 Å². The second-order valence-electron chi connectivity index (χ2n) is 8.76. The number of amides is 1. The molecule has 0 aliphatic heterocycles. The molecule has 3 heteroatoms. The highest BCUT2D eigenvalue weighted by Gasteiger charge is 2.25. The van der Waals surface area contributed by atoms with E-state index in [1.165, 1.54) is 29.5 Å². The van der Waals surface area contributed by atoms with E-state index >= 15 is 0 Å². The van der Waals surface area contributed by atoms with E-state index in [2.05, 4.69) is 62.5 Å². The van der Waals surface area contributed by atoms with Crippen molar-refractivity contribution in [1.29, 1.82) is 0 Å². The molecule has 1 aliphatic carbocycles. The lowest BCUT2D eigenvalue weighted by Gasteiger charge is -2.29. The summed E-state index contributed by atoms with van der Waals surface area (Å²) >= 11 is 0.